The zero-order valence-corrected chi connectivity index (χ0v) is 16.8. The van der Waals surface area contributed by atoms with Crippen molar-refractivity contribution in [3.05, 3.63) is 89.3 Å². The third-order valence-corrected chi connectivity index (χ3v) is 4.48. The Bertz CT molecular complexity index is 1030. The van der Waals surface area contributed by atoms with E-state index in [0.29, 0.717) is 29.2 Å². The molecule has 7 heteroatoms. The minimum absolute atomic E-state index is 0.459. The first kappa shape index (κ1) is 19.1. The van der Waals surface area contributed by atoms with Crippen LogP contribution in [-0.2, 0) is 6.54 Å². The van der Waals surface area contributed by atoms with Crippen molar-refractivity contribution in [3.8, 4) is 5.88 Å². The van der Waals surface area contributed by atoms with Gasteiger partial charge in [-0.2, -0.15) is 4.98 Å². The molecule has 1 aromatic carbocycles. The smallest absolute Gasteiger partial charge is 0.230 e. The topological polar surface area (TPSA) is 64.0 Å². The number of rotatable bonds is 6. The highest BCUT2D eigenvalue weighted by molar-refractivity contribution is 6.30. The summed E-state index contributed by atoms with van der Waals surface area (Å²) in [6, 6.07) is 11.8. The van der Waals surface area contributed by atoms with Gasteiger partial charge in [-0.15, -0.1) is 0 Å². The van der Waals surface area contributed by atoms with Gasteiger partial charge < -0.3 is 9.64 Å². The minimum Gasteiger partial charge on any atom is -0.439 e. The van der Waals surface area contributed by atoms with Gasteiger partial charge >= 0.3 is 0 Å². The van der Waals surface area contributed by atoms with Crippen LogP contribution < -0.4 is 9.64 Å². The van der Waals surface area contributed by atoms with Crippen LogP contribution in [0.2, 0.25) is 5.02 Å². The van der Waals surface area contributed by atoms with Gasteiger partial charge in [0.15, 0.2) is 0 Å². The molecule has 0 aliphatic heterocycles. The maximum atomic E-state index is 5.97. The molecule has 1 aliphatic carbocycles. The standard InChI is InChI=1S/C22H20ClN5O/c1-16-26-18(12-21(27-16)29-20-10-6-3-7-11-20)15-28(19-8-4-2-5-9-19)22-24-13-17(23)14-25-22/h2,4-6,8-14H,3,7,15H2,1H3. The fourth-order valence-corrected chi connectivity index (χ4v) is 3.11. The first-order valence-corrected chi connectivity index (χ1v) is 9.74. The highest BCUT2D eigenvalue weighted by atomic mass is 35.5. The normalized spacial score (nSPS) is 13.1. The average molecular weight is 406 g/mol. The average Bonchev–Trinajstić information content (AvgIpc) is 2.74. The molecular formula is C22H20ClN5O. The summed E-state index contributed by atoms with van der Waals surface area (Å²) in [5.41, 5.74) is 1.75. The molecule has 0 bridgehead atoms. The second-order valence-corrected chi connectivity index (χ2v) is 6.99. The van der Waals surface area contributed by atoms with Gasteiger partial charge in [0.2, 0.25) is 11.8 Å². The second kappa shape index (κ2) is 8.84. The van der Waals surface area contributed by atoms with Crippen molar-refractivity contribution in [1.82, 2.24) is 19.9 Å². The predicted octanol–water partition coefficient (Wildman–Crippen LogP) is 5.18. The van der Waals surface area contributed by atoms with Crippen LogP contribution in [0.15, 0.2) is 72.8 Å². The minimum atomic E-state index is 0.459. The number of nitrogens with zero attached hydrogens (tertiary/aromatic N) is 5. The number of halogens is 1. The molecule has 0 N–H and O–H groups in total. The molecule has 0 saturated heterocycles. The van der Waals surface area contributed by atoms with Gasteiger partial charge in [0.25, 0.3) is 0 Å². The number of ether oxygens (including phenoxy) is 1. The Kier molecular flexibility index (Phi) is 5.81. The summed E-state index contributed by atoms with van der Waals surface area (Å²) in [7, 11) is 0. The van der Waals surface area contributed by atoms with E-state index >= 15 is 0 Å². The summed E-state index contributed by atoms with van der Waals surface area (Å²) in [5, 5.41) is 0.490. The van der Waals surface area contributed by atoms with Gasteiger partial charge in [-0.05, 0) is 44.1 Å². The molecule has 0 unspecified atom stereocenters. The maximum Gasteiger partial charge on any atom is 0.230 e. The Morgan fingerprint density at radius 2 is 1.86 bits per heavy atom. The van der Waals surface area contributed by atoms with Crippen molar-refractivity contribution in [2.24, 2.45) is 0 Å². The molecule has 146 valence electrons. The number of aromatic nitrogens is 4. The summed E-state index contributed by atoms with van der Waals surface area (Å²) in [5.74, 6) is 2.51. The quantitative estimate of drug-likeness (QED) is 0.563. The lowest BCUT2D eigenvalue weighted by Crippen LogP contribution is -2.20. The van der Waals surface area contributed by atoms with Gasteiger partial charge in [-0.25, -0.2) is 15.0 Å². The number of hydrogen-bond donors (Lipinski definition) is 0. The van der Waals surface area contributed by atoms with E-state index in [0.717, 1.165) is 30.0 Å². The summed E-state index contributed by atoms with van der Waals surface area (Å²) >= 11 is 5.97. The summed E-state index contributed by atoms with van der Waals surface area (Å²) in [6.45, 7) is 2.31. The molecule has 4 rings (SSSR count). The fraction of sp³-hybridized carbons (Fsp3) is 0.182. The highest BCUT2D eigenvalue weighted by Crippen LogP contribution is 2.25. The fourth-order valence-electron chi connectivity index (χ4n) is 3.01. The Hall–Kier alpha value is -3.25. The Labute approximate surface area is 174 Å². The maximum absolute atomic E-state index is 5.97. The molecule has 0 saturated carbocycles. The number of aryl methyl sites for hydroxylation is 1. The van der Waals surface area contributed by atoms with Crippen LogP contribution >= 0.6 is 11.6 Å². The van der Waals surface area contributed by atoms with Gasteiger partial charge in [-0.3, -0.25) is 0 Å². The van der Waals surface area contributed by atoms with Crippen molar-refractivity contribution in [2.75, 3.05) is 4.90 Å². The lowest BCUT2D eigenvalue weighted by molar-refractivity contribution is 0.418. The van der Waals surface area contributed by atoms with Crippen LogP contribution in [0, 0.1) is 6.92 Å². The molecule has 6 nitrogen and oxygen atoms in total. The molecule has 3 aromatic rings. The van der Waals surface area contributed by atoms with E-state index in [1.54, 1.807) is 12.4 Å². The first-order valence-electron chi connectivity index (χ1n) is 9.36. The van der Waals surface area contributed by atoms with Crippen LogP contribution in [0.5, 0.6) is 5.88 Å². The van der Waals surface area contributed by atoms with Crippen LogP contribution in [-0.4, -0.2) is 19.9 Å². The molecular weight excluding hydrogens is 386 g/mol. The molecule has 0 radical (unpaired) electrons. The van der Waals surface area contributed by atoms with Crippen molar-refractivity contribution in [1.29, 1.82) is 0 Å². The third kappa shape index (κ3) is 4.97. The van der Waals surface area contributed by atoms with Crippen LogP contribution in [0.25, 0.3) is 0 Å². The van der Waals surface area contributed by atoms with Crippen LogP contribution in [0.4, 0.5) is 11.6 Å². The Morgan fingerprint density at radius 3 is 2.59 bits per heavy atom. The van der Waals surface area contributed by atoms with Gasteiger partial charge in [0, 0.05) is 11.8 Å². The molecule has 2 aromatic heterocycles. The summed E-state index contributed by atoms with van der Waals surface area (Å²) in [4.78, 5) is 19.7. The molecule has 0 atom stereocenters. The zero-order chi connectivity index (χ0) is 20.1. The lowest BCUT2D eigenvalue weighted by atomic mass is 10.2. The monoisotopic (exact) mass is 405 g/mol. The Morgan fingerprint density at radius 1 is 1.07 bits per heavy atom. The zero-order valence-electron chi connectivity index (χ0n) is 16.0. The van der Waals surface area contributed by atoms with Crippen LogP contribution in [0.1, 0.15) is 24.4 Å². The Balaban J connectivity index is 1.64. The van der Waals surface area contributed by atoms with Crippen molar-refractivity contribution in [3.63, 3.8) is 0 Å². The summed E-state index contributed by atoms with van der Waals surface area (Å²) in [6.07, 6.45) is 11.3. The van der Waals surface area contributed by atoms with E-state index in [2.05, 4.69) is 32.1 Å². The van der Waals surface area contributed by atoms with E-state index in [-0.39, 0.29) is 0 Å². The summed E-state index contributed by atoms with van der Waals surface area (Å²) < 4.78 is 5.94. The third-order valence-electron chi connectivity index (χ3n) is 4.29. The first-order chi connectivity index (χ1) is 14.2. The number of anilines is 2. The molecule has 0 amide bonds. The number of para-hydroxylation sites is 1. The molecule has 2 heterocycles. The molecule has 0 spiro atoms. The number of allylic oxidation sites excluding steroid dienone is 3. The van der Waals surface area contributed by atoms with Crippen molar-refractivity contribution in [2.45, 2.75) is 26.3 Å². The number of hydrogen-bond acceptors (Lipinski definition) is 6. The van der Waals surface area contributed by atoms with E-state index in [4.69, 9.17) is 16.3 Å². The lowest BCUT2D eigenvalue weighted by Gasteiger charge is -2.22. The van der Waals surface area contributed by atoms with E-state index in [1.165, 1.54) is 0 Å². The highest BCUT2D eigenvalue weighted by Gasteiger charge is 2.15. The largest absolute Gasteiger partial charge is 0.439 e. The predicted molar refractivity (Wildman–Crippen MR) is 113 cm³/mol. The molecule has 29 heavy (non-hydrogen) atoms. The van der Waals surface area contributed by atoms with E-state index in [9.17, 15) is 0 Å². The van der Waals surface area contributed by atoms with Crippen molar-refractivity contribution < 1.29 is 4.74 Å². The number of benzene rings is 1. The van der Waals surface area contributed by atoms with E-state index < -0.39 is 0 Å². The van der Waals surface area contributed by atoms with Crippen molar-refractivity contribution >= 4 is 23.2 Å². The van der Waals surface area contributed by atoms with Gasteiger partial charge in [0.05, 0.1) is 29.7 Å². The van der Waals surface area contributed by atoms with E-state index in [1.807, 2.05) is 54.3 Å². The van der Waals surface area contributed by atoms with Crippen LogP contribution in [0.3, 0.4) is 0 Å². The van der Waals surface area contributed by atoms with Gasteiger partial charge in [0.1, 0.15) is 11.6 Å². The molecule has 1 aliphatic rings. The SMILES string of the molecule is Cc1nc(CN(c2ccccc2)c2ncc(Cl)cn2)cc(OC2=CCCC=C2)n1. The van der Waals surface area contributed by atoms with Gasteiger partial charge in [-0.1, -0.05) is 35.9 Å². The molecule has 0 fully saturated rings. The second-order valence-electron chi connectivity index (χ2n) is 6.56.